The van der Waals surface area contributed by atoms with Gasteiger partial charge in [-0.3, -0.25) is 0 Å². The summed E-state index contributed by atoms with van der Waals surface area (Å²) in [4.78, 5) is 2.74. The van der Waals surface area contributed by atoms with Crippen molar-refractivity contribution >= 4 is 0 Å². The van der Waals surface area contributed by atoms with Crippen LogP contribution in [0.15, 0.2) is 36.1 Å². The Balaban J connectivity index is 1.70. The smallest absolute Gasteiger partial charge is 0.0508 e. The van der Waals surface area contributed by atoms with Crippen molar-refractivity contribution in [1.82, 2.24) is 4.90 Å². The van der Waals surface area contributed by atoms with Gasteiger partial charge in [-0.05, 0) is 50.4 Å². The summed E-state index contributed by atoms with van der Waals surface area (Å²) in [5, 5.41) is 0. The standard InChI is InChI=1S/C18H26N2/c19-13-6-5-7-14(12-13)20-17-10-3-1-8-15(17)16-9-2-4-11-18(16)20/h3-4,7,10-11,13,15-18H,1-2,5-6,8-9,12,19H2/t13-,15?,16?,17?,18?/m1/s1. The molecule has 1 heterocycles. The fourth-order valence-corrected chi connectivity index (χ4v) is 4.92. The zero-order valence-electron chi connectivity index (χ0n) is 12.2. The van der Waals surface area contributed by atoms with Crippen LogP contribution in [0.25, 0.3) is 0 Å². The average Bonchev–Trinajstić information content (AvgIpc) is 2.82. The van der Waals surface area contributed by atoms with Gasteiger partial charge in [0.2, 0.25) is 0 Å². The minimum Gasteiger partial charge on any atom is -0.362 e. The molecule has 4 rings (SSSR count). The molecule has 0 aromatic heterocycles. The van der Waals surface area contributed by atoms with Crippen LogP contribution < -0.4 is 5.73 Å². The fourth-order valence-electron chi connectivity index (χ4n) is 4.92. The zero-order chi connectivity index (χ0) is 13.5. The highest BCUT2D eigenvalue weighted by Crippen LogP contribution is 2.48. The van der Waals surface area contributed by atoms with E-state index in [1.54, 1.807) is 0 Å². The molecule has 4 aliphatic rings. The van der Waals surface area contributed by atoms with E-state index in [-0.39, 0.29) is 0 Å². The molecule has 2 heteroatoms. The lowest BCUT2D eigenvalue weighted by atomic mass is 9.77. The Hall–Kier alpha value is -1.02. The SMILES string of the molecule is N[C@@H]1CCC=C(N2C3C=CCCC3C3CCC=CC32)C1. The van der Waals surface area contributed by atoms with Crippen LogP contribution >= 0.6 is 0 Å². The Labute approximate surface area is 122 Å². The number of nitrogens with zero attached hydrogens (tertiary/aromatic N) is 1. The number of hydrogen-bond acceptors (Lipinski definition) is 2. The first-order chi connectivity index (χ1) is 9.84. The molecule has 0 amide bonds. The number of likely N-dealkylation sites (tertiary alicyclic amines) is 1. The lowest BCUT2D eigenvalue weighted by molar-refractivity contribution is 0.263. The molecule has 2 N–H and O–H groups in total. The highest BCUT2D eigenvalue weighted by molar-refractivity contribution is 5.25. The maximum absolute atomic E-state index is 6.23. The molecule has 1 saturated heterocycles. The summed E-state index contributed by atoms with van der Waals surface area (Å²) in [6.07, 6.45) is 21.0. The van der Waals surface area contributed by atoms with Crippen molar-refractivity contribution in [2.45, 2.75) is 63.1 Å². The van der Waals surface area contributed by atoms with Gasteiger partial charge in [-0.2, -0.15) is 0 Å². The maximum atomic E-state index is 6.23. The summed E-state index contributed by atoms with van der Waals surface area (Å²) in [5.74, 6) is 1.74. The van der Waals surface area contributed by atoms with Gasteiger partial charge in [0.1, 0.15) is 0 Å². The number of allylic oxidation sites excluding steroid dienone is 3. The van der Waals surface area contributed by atoms with Crippen molar-refractivity contribution in [2.75, 3.05) is 0 Å². The summed E-state index contributed by atoms with van der Waals surface area (Å²) < 4.78 is 0. The summed E-state index contributed by atoms with van der Waals surface area (Å²) >= 11 is 0. The second-order valence-electron chi connectivity index (χ2n) is 6.96. The lowest BCUT2D eigenvalue weighted by Gasteiger charge is -2.37. The van der Waals surface area contributed by atoms with Gasteiger partial charge in [0, 0.05) is 18.2 Å². The molecule has 0 saturated carbocycles. The molecular formula is C18H26N2. The number of fused-ring (bicyclic) bond motifs is 3. The van der Waals surface area contributed by atoms with Crippen molar-refractivity contribution in [2.24, 2.45) is 17.6 Å². The van der Waals surface area contributed by atoms with Crippen LogP contribution in [-0.4, -0.2) is 23.0 Å². The largest absolute Gasteiger partial charge is 0.362 e. The van der Waals surface area contributed by atoms with Crippen LogP contribution in [0.2, 0.25) is 0 Å². The monoisotopic (exact) mass is 270 g/mol. The van der Waals surface area contributed by atoms with Crippen LogP contribution in [0, 0.1) is 11.8 Å². The van der Waals surface area contributed by atoms with Gasteiger partial charge in [-0.15, -0.1) is 0 Å². The van der Waals surface area contributed by atoms with Gasteiger partial charge < -0.3 is 10.6 Å². The summed E-state index contributed by atoms with van der Waals surface area (Å²) in [6, 6.07) is 1.64. The van der Waals surface area contributed by atoms with Crippen LogP contribution in [-0.2, 0) is 0 Å². The van der Waals surface area contributed by atoms with Crippen molar-refractivity contribution in [1.29, 1.82) is 0 Å². The third-order valence-electron chi connectivity index (χ3n) is 5.79. The molecule has 108 valence electrons. The van der Waals surface area contributed by atoms with Gasteiger partial charge in [-0.25, -0.2) is 0 Å². The first-order valence-electron chi connectivity index (χ1n) is 8.41. The molecule has 2 nitrogen and oxygen atoms in total. The van der Waals surface area contributed by atoms with E-state index in [1.165, 1.54) is 31.4 Å². The molecule has 1 aliphatic heterocycles. The second kappa shape index (κ2) is 5.07. The fraction of sp³-hybridized carbons (Fsp3) is 0.667. The second-order valence-corrected chi connectivity index (χ2v) is 6.96. The lowest BCUT2D eigenvalue weighted by Crippen LogP contribution is -2.39. The van der Waals surface area contributed by atoms with Gasteiger partial charge in [0.15, 0.2) is 0 Å². The number of nitrogens with two attached hydrogens (primary N) is 1. The molecule has 0 radical (unpaired) electrons. The van der Waals surface area contributed by atoms with Crippen LogP contribution in [0.1, 0.15) is 44.9 Å². The van der Waals surface area contributed by atoms with E-state index in [4.69, 9.17) is 5.73 Å². The number of rotatable bonds is 1. The molecule has 0 aromatic rings. The highest BCUT2D eigenvalue weighted by Gasteiger charge is 2.48. The molecule has 0 bridgehead atoms. The normalized spacial score (nSPS) is 43.1. The van der Waals surface area contributed by atoms with Gasteiger partial charge in [0.25, 0.3) is 0 Å². The van der Waals surface area contributed by atoms with Crippen LogP contribution in [0.4, 0.5) is 0 Å². The Kier molecular flexibility index (Phi) is 3.22. The van der Waals surface area contributed by atoms with Crippen molar-refractivity contribution in [3.8, 4) is 0 Å². The summed E-state index contributed by atoms with van der Waals surface area (Å²) in [5.41, 5.74) is 7.76. The highest BCUT2D eigenvalue weighted by atomic mass is 15.2. The summed E-state index contributed by atoms with van der Waals surface area (Å²) in [6.45, 7) is 0. The van der Waals surface area contributed by atoms with Crippen molar-refractivity contribution in [3.05, 3.63) is 36.1 Å². The van der Waals surface area contributed by atoms with Gasteiger partial charge >= 0.3 is 0 Å². The Morgan fingerprint density at radius 3 is 2.15 bits per heavy atom. The number of hydrogen-bond donors (Lipinski definition) is 1. The van der Waals surface area contributed by atoms with E-state index in [0.717, 1.165) is 31.1 Å². The van der Waals surface area contributed by atoms with Crippen molar-refractivity contribution < 1.29 is 0 Å². The van der Waals surface area contributed by atoms with E-state index in [9.17, 15) is 0 Å². The predicted octanol–water partition coefficient (Wildman–Crippen LogP) is 3.37. The predicted molar refractivity (Wildman–Crippen MR) is 83.1 cm³/mol. The third kappa shape index (κ3) is 1.96. The van der Waals surface area contributed by atoms with E-state index < -0.39 is 0 Å². The van der Waals surface area contributed by atoms with Crippen LogP contribution in [0.3, 0.4) is 0 Å². The molecule has 3 aliphatic carbocycles. The van der Waals surface area contributed by atoms with Crippen LogP contribution in [0.5, 0.6) is 0 Å². The Bertz CT molecular complexity index is 434. The van der Waals surface area contributed by atoms with Crippen molar-refractivity contribution in [3.63, 3.8) is 0 Å². The minimum absolute atomic E-state index is 0.368. The molecular weight excluding hydrogens is 244 g/mol. The summed E-state index contributed by atoms with van der Waals surface area (Å²) in [7, 11) is 0. The Morgan fingerprint density at radius 1 is 0.900 bits per heavy atom. The Morgan fingerprint density at radius 2 is 1.55 bits per heavy atom. The van der Waals surface area contributed by atoms with E-state index in [1.807, 2.05) is 0 Å². The quantitative estimate of drug-likeness (QED) is 0.740. The van der Waals surface area contributed by atoms with E-state index >= 15 is 0 Å². The van der Waals surface area contributed by atoms with Gasteiger partial charge in [-0.1, -0.05) is 30.4 Å². The molecule has 4 unspecified atom stereocenters. The van der Waals surface area contributed by atoms with E-state index in [2.05, 4.69) is 35.3 Å². The minimum atomic E-state index is 0.368. The molecule has 5 atom stereocenters. The molecule has 0 spiro atoms. The molecule has 1 fully saturated rings. The topological polar surface area (TPSA) is 29.3 Å². The first kappa shape index (κ1) is 12.7. The molecule has 0 aromatic carbocycles. The molecule has 20 heavy (non-hydrogen) atoms. The average molecular weight is 270 g/mol. The van der Waals surface area contributed by atoms with Gasteiger partial charge in [0.05, 0.1) is 12.1 Å². The maximum Gasteiger partial charge on any atom is 0.0508 e. The van der Waals surface area contributed by atoms with E-state index in [0.29, 0.717) is 18.1 Å². The zero-order valence-corrected chi connectivity index (χ0v) is 12.2. The first-order valence-corrected chi connectivity index (χ1v) is 8.41. The third-order valence-corrected chi connectivity index (χ3v) is 5.79.